The largest absolute Gasteiger partial charge is 0.375 e. The van der Waals surface area contributed by atoms with Crippen molar-refractivity contribution in [1.29, 1.82) is 0 Å². The number of benzene rings is 1. The number of ether oxygens (including phenoxy) is 1. The van der Waals surface area contributed by atoms with Gasteiger partial charge in [0.1, 0.15) is 0 Å². The number of rotatable bonds is 2. The summed E-state index contributed by atoms with van der Waals surface area (Å²) in [5.41, 5.74) is 9.19. The van der Waals surface area contributed by atoms with E-state index in [1.807, 2.05) is 12.1 Å². The maximum Gasteiger partial charge on any atom is 0.0685 e. The minimum Gasteiger partial charge on any atom is -0.375 e. The molecule has 3 rings (SSSR count). The Morgan fingerprint density at radius 3 is 2.81 bits per heavy atom. The molecule has 1 spiro atoms. The first-order chi connectivity index (χ1) is 10.1. The molecule has 0 aromatic heterocycles. The minimum atomic E-state index is 0.0754. The molecule has 2 unspecified atom stereocenters. The standard InChI is InChI=1S/C18H26ClNO/c1-13-5-6-15(19)11-16(13)17(20)14-7-10-21-18(12-14)8-3-2-4-9-18/h5-6,11,14,17H,2-4,7-10,12,20H2,1H3. The first kappa shape index (κ1) is 15.3. The number of halogens is 1. The lowest BCUT2D eigenvalue weighted by molar-refractivity contribution is -0.120. The summed E-state index contributed by atoms with van der Waals surface area (Å²) in [6.45, 7) is 2.99. The quantitative estimate of drug-likeness (QED) is 0.853. The van der Waals surface area contributed by atoms with Gasteiger partial charge in [-0.25, -0.2) is 0 Å². The van der Waals surface area contributed by atoms with Crippen molar-refractivity contribution in [3.63, 3.8) is 0 Å². The summed E-state index contributed by atoms with van der Waals surface area (Å²) < 4.78 is 6.20. The van der Waals surface area contributed by atoms with Crippen molar-refractivity contribution in [1.82, 2.24) is 0 Å². The van der Waals surface area contributed by atoms with Crippen LogP contribution in [0.1, 0.15) is 62.1 Å². The summed E-state index contributed by atoms with van der Waals surface area (Å²) in [5, 5.41) is 0.783. The Balaban J connectivity index is 1.77. The summed E-state index contributed by atoms with van der Waals surface area (Å²) in [7, 11) is 0. The van der Waals surface area contributed by atoms with E-state index in [0.717, 1.165) is 24.5 Å². The third-order valence-corrected chi connectivity index (χ3v) is 5.64. The Bertz CT molecular complexity index is 490. The van der Waals surface area contributed by atoms with Gasteiger partial charge in [0.25, 0.3) is 0 Å². The van der Waals surface area contributed by atoms with E-state index in [1.54, 1.807) is 0 Å². The molecule has 1 aromatic rings. The van der Waals surface area contributed by atoms with E-state index >= 15 is 0 Å². The number of aryl methyl sites for hydroxylation is 1. The van der Waals surface area contributed by atoms with E-state index in [1.165, 1.54) is 43.2 Å². The van der Waals surface area contributed by atoms with Crippen LogP contribution in [0.15, 0.2) is 18.2 Å². The molecular weight excluding hydrogens is 282 g/mol. The monoisotopic (exact) mass is 307 g/mol. The lowest BCUT2D eigenvalue weighted by Crippen LogP contribution is -2.44. The van der Waals surface area contributed by atoms with Crippen LogP contribution in [-0.4, -0.2) is 12.2 Å². The molecule has 1 saturated carbocycles. The topological polar surface area (TPSA) is 35.2 Å². The van der Waals surface area contributed by atoms with Gasteiger partial charge >= 0.3 is 0 Å². The highest BCUT2D eigenvalue weighted by molar-refractivity contribution is 6.30. The Morgan fingerprint density at radius 2 is 2.05 bits per heavy atom. The van der Waals surface area contributed by atoms with Crippen molar-refractivity contribution in [3.05, 3.63) is 34.3 Å². The zero-order valence-electron chi connectivity index (χ0n) is 12.9. The molecule has 2 atom stereocenters. The van der Waals surface area contributed by atoms with Gasteiger partial charge in [-0.1, -0.05) is 36.9 Å². The molecule has 1 heterocycles. The molecule has 1 aromatic carbocycles. The molecular formula is C18H26ClNO. The molecule has 0 amide bonds. The van der Waals surface area contributed by atoms with Crippen LogP contribution in [0.3, 0.4) is 0 Å². The van der Waals surface area contributed by atoms with Crippen LogP contribution in [0.4, 0.5) is 0 Å². The molecule has 0 radical (unpaired) electrons. The zero-order valence-corrected chi connectivity index (χ0v) is 13.7. The summed E-state index contributed by atoms with van der Waals surface area (Å²) in [4.78, 5) is 0. The zero-order chi connectivity index (χ0) is 14.9. The van der Waals surface area contributed by atoms with Crippen LogP contribution in [0.25, 0.3) is 0 Å². The van der Waals surface area contributed by atoms with Crippen molar-refractivity contribution in [2.45, 2.75) is 63.5 Å². The molecule has 2 N–H and O–H groups in total. The van der Waals surface area contributed by atoms with Gasteiger partial charge in [0.15, 0.2) is 0 Å². The van der Waals surface area contributed by atoms with Gasteiger partial charge < -0.3 is 10.5 Å². The van der Waals surface area contributed by atoms with E-state index in [9.17, 15) is 0 Å². The number of hydrogen-bond acceptors (Lipinski definition) is 2. The summed E-state index contributed by atoms with van der Waals surface area (Å²) >= 11 is 6.16. The molecule has 0 bridgehead atoms. The average Bonchev–Trinajstić information content (AvgIpc) is 2.50. The van der Waals surface area contributed by atoms with Gasteiger partial charge in [0.05, 0.1) is 5.60 Å². The Hall–Kier alpha value is -0.570. The van der Waals surface area contributed by atoms with Crippen LogP contribution < -0.4 is 5.73 Å². The second kappa shape index (κ2) is 6.28. The highest BCUT2D eigenvalue weighted by Crippen LogP contribution is 2.44. The lowest BCUT2D eigenvalue weighted by atomic mass is 9.73. The fourth-order valence-corrected chi connectivity index (χ4v) is 4.32. The van der Waals surface area contributed by atoms with E-state index in [-0.39, 0.29) is 11.6 Å². The molecule has 2 aliphatic rings. The molecule has 3 heteroatoms. The van der Waals surface area contributed by atoms with Gasteiger partial charge in [-0.3, -0.25) is 0 Å². The van der Waals surface area contributed by atoms with Crippen LogP contribution in [-0.2, 0) is 4.74 Å². The minimum absolute atomic E-state index is 0.0754. The van der Waals surface area contributed by atoms with E-state index in [4.69, 9.17) is 22.1 Å². The van der Waals surface area contributed by atoms with Gasteiger partial charge in [-0.05, 0) is 61.8 Å². The van der Waals surface area contributed by atoms with Crippen LogP contribution in [0, 0.1) is 12.8 Å². The predicted molar refractivity (Wildman–Crippen MR) is 87.6 cm³/mol. The number of nitrogens with two attached hydrogens (primary N) is 1. The highest BCUT2D eigenvalue weighted by atomic mass is 35.5. The van der Waals surface area contributed by atoms with Crippen molar-refractivity contribution < 1.29 is 4.74 Å². The third-order valence-electron chi connectivity index (χ3n) is 5.40. The third kappa shape index (κ3) is 3.28. The van der Waals surface area contributed by atoms with Crippen molar-refractivity contribution in [3.8, 4) is 0 Å². The van der Waals surface area contributed by atoms with E-state index in [0.29, 0.717) is 5.92 Å². The first-order valence-corrected chi connectivity index (χ1v) is 8.63. The molecule has 116 valence electrons. The lowest BCUT2D eigenvalue weighted by Gasteiger charge is -2.45. The maximum atomic E-state index is 6.62. The molecule has 21 heavy (non-hydrogen) atoms. The first-order valence-electron chi connectivity index (χ1n) is 8.25. The second-order valence-corrected chi connectivity index (χ2v) is 7.31. The Labute approximate surface area is 133 Å². The van der Waals surface area contributed by atoms with Crippen LogP contribution in [0.5, 0.6) is 0 Å². The molecule has 1 aliphatic carbocycles. The van der Waals surface area contributed by atoms with Gasteiger partial charge in [-0.15, -0.1) is 0 Å². The smallest absolute Gasteiger partial charge is 0.0685 e. The van der Waals surface area contributed by atoms with Crippen molar-refractivity contribution >= 4 is 11.6 Å². The van der Waals surface area contributed by atoms with E-state index < -0.39 is 0 Å². The maximum absolute atomic E-state index is 6.62. The molecule has 1 aliphatic heterocycles. The molecule has 2 nitrogen and oxygen atoms in total. The molecule has 1 saturated heterocycles. The second-order valence-electron chi connectivity index (χ2n) is 6.87. The molecule has 2 fully saturated rings. The SMILES string of the molecule is Cc1ccc(Cl)cc1C(N)C1CCOC2(CCCCC2)C1. The summed E-state index contributed by atoms with van der Waals surface area (Å²) in [6, 6.07) is 6.14. The van der Waals surface area contributed by atoms with Crippen molar-refractivity contribution in [2.24, 2.45) is 11.7 Å². The average molecular weight is 308 g/mol. The Kier molecular flexibility index (Phi) is 4.58. The summed E-state index contributed by atoms with van der Waals surface area (Å²) in [6.07, 6.45) is 8.57. The Morgan fingerprint density at radius 1 is 1.29 bits per heavy atom. The van der Waals surface area contributed by atoms with E-state index in [2.05, 4.69) is 13.0 Å². The van der Waals surface area contributed by atoms with Crippen LogP contribution in [0.2, 0.25) is 5.02 Å². The predicted octanol–water partition coefficient (Wildman–Crippen LogP) is 4.78. The summed E-state index contributed by atoms with van der Waals surface area (Å²) in [5.74, 6) is 0.508. The fraction of sp³-hybridized carbons (Fsp3) is 0.667. The number of hydrogen-bond donors (Lipinski definition) is 1. The van der Waals surface area contributed by atoms with Gasteiger partial charge in [0.2, 0.25) is 0 Å². The van der Waals surface area contributed by atoms with Crippen molar-refractivity contribution in [2.75, 3.05) is 6.61 Å². The van der Waals surface area contributed by atoms with Gasteiger partial charge in [0, 0.05) is 17.7 Å². The van der Waals surface area contributed by atoms with Crippen LogP contribution >= 0.6 is 11.6 Å². The normalized spacial score (nSPS) is 26.7. The highest BCUT2D eigenvalue weighted by Gasteiger charge is 2.40. The van der Waals surface area contributed by atoms with Gasteiger partial charge in [-0.2, -0.15) is 0 Å². The fourth-order valence-electron chi connectivity index (χ4n) is 4.14.